The maximum atomic E-state index is 13.6. The first-order chi connectivity index (χ1) is 9.38. The van der Waals surface area contributed by atoms with Crippen LogP contribution in [0.5, 0.6) is 0 Å². The molecule has 106 valence electrons. The summed E-state index contributed by atoms with van der Waals surface area (Å²) in [7, 11) is 0. The van der Waals surface area contributed by atoms with Crippen molar-refractivity contribution in [1.82, 2.24) is 0 Å². The molecule has 0 heterocycles. The summed E-state index contributed by atoms with van der Waals surface area (Å²) >= 11 is 0.965. The molecule has 0 fully saturated rings. The summed E-state index contributed by atoms with van der Waals surface area (Å²) in [5.74, 6) is -1.55. The van der Waals surface area contributed by atoms with E-state index in [2.05, 4.69) is 0 Å². The molecule has 1 atom stereocenters. The molecule has 0 spiro atoms. The second-order valence-electron chi connectivity index (χ2n) is 4.49. The van der Waals surface area contributed by atoms with E-state index in [0.29, 0.717) is 16.0 Å². The van der Waals surface area contributed by atoms with E-state index in [-0.39, 0.29) is 4.90 Å². The van der Waals surface area contributed by atoms with Gasteiger partial charge < -0.3 is 5.11 Å². The average molecular weight is 298 g/mol. The Kier molecular flexibility index (Phi) is 4.40. The molecule has 0 aliphatic carbocycles. The first-order valence-corrected chi connectivity index (χ1v) is 6.81. The van der Waals surface area contributed by atoms with E-state index >= 15 is 0 Å². The summed E-state index contributed by atoms with van der Waals surface area (Å²) in [6, 6.07) is 5.89. The molecule has 20 heavy (non-hydrogen) atoms. The number of hydrogen-bond acceptors (Lipinski definition) is 2. The van der Waals surface area contributed by atoms with Crippen molar-refractivity contribution in [3.63, 3.8) is 0 Å². The predicted molar refractivity (Wildman–Crippen MR) is 72.3 cm³/mol. The number of halogens is 3. The van der Waals surface area contributed by atoms with Gasteiger partial charge in [0, 0.05) is 4.90 Å². The fraction of sp³-hybridized carbons (Fsp3) is 0.200. The summed E-state index contributed by atoms with van der Waals surface area (Å²) in [4.78, 5) is 0.598. The molecule has 0 unspecified atom stereocenters. The zero-order chi connectivity index (χ0) is 14.9. The van der Waals surface area contributed by atoms with Crippen molar-refractivity contribution in [2.24, 2.45) is 0 Å². The van der Waals surface area contributed by atoms with Crippen LogP contribution in [0.25, 0.3) is 0 Å². The lowest BCUT2D eigenvalue weighted by molar-refractivity contribution is 0.196. The van der Waals surface area contributed by atoms with Crippen molar-refractivity contribution >= 4 is 11.8 Å². The third kappa shape index (κ3) is 3.16. The molecule has 2 aromatic carbocycles. The van der Waals surface area contributed by atoms with Crippen molar-refractivity contribution < 1.29 is 18.3 Å². The van der Waals surface area contributed by atoms with Crippen LogP contribution in [0.15, 0.2) is 40.1 Å². The fourth-order valence-corrected chi connectivity index (χ4v) is 2.92. The Morgan fingerprint density at radius 2 is 1.70 bits per heavy atom. The summed E-state index contributed by atoms with van der Waals surface area (Å²) < 4.78 is 40.4. The zero-order valence-corrected chi connectivity index (χ0v) is 11.8. The van der Waals surface area contributed by atoms with Crippen LogP contribution < -0.4 is 0 Å². The average Bonchev–Trinajstić information content (AvgIpc) is 2.37. The zero-order valence-electron chi connectivity index (χ0n) is 11.0. The van der Waals surface area contributed by atoms with E-state index in [4.69, 9.17) is 0 Å². The van der Waals surface area contributed by atoms with Crippen LogP contribution >= 0.6 is 11.8 Å². The summed E-state index contributed by atoms with van der Waals surface area (Å²) in [5, 5.41) is 9.67. The number of rotatable bonds is 3. The highest BCUT2D eigenvalue weighted by atomic mass is 32.2. The minimum atomic E-state index is -0.899. The summed E-state index contributed by atoms with van der Waals surface area (Å²) in [6.07, 6.45) is -0.899. The van der Waals surface area contributed by atoms with Gasteiger partial charge in [-0.05, 0) is 55.3 Å². The van der Waals surface area contributed by atoms with Gasteiger partial charge in [0.2, 0.25) is 0 Å². The number of aliphatic hydroxyl groups excluding tert-OH is 1. The van der Waals surface area contributed by atoms with E-state index in [1.807, 2.05) is 0 Å². The Morgan fingerprint density at radius 1 is 1.00 bits per heavy atom. The molecule has 0 aliphatic heterocycles. The van der Waals surface area contributed by atoms with Gasteiger partial charge in [0.25, 0.3) is 0 Å². The molecule has 0 aromatic heterocycles. The first kappa shape index (κ1) is 14.9. The van der Waals surface area contributed by atoms with Gasteiger partial charge in [0.05, 0.1) is 11.0 Å². The number of aliphatic hydroxyl groups is 1. The number of aryl methyl sites for hydroxylation is 1. The molecule has 5 heteroatoms. The van der Waals surface area contributed by atoms with Gasteiger partial charge in [0.15, 0.2) is 0 Å². The molecule has 1 nitrogen and oxygen atoms in total. The van der Waals surface area contributed by atoms with Crippen LogP contribution in [0.2, 0.25) is 0 Å². The van der Waals surface area contributed by atoms with Gasteiger partial charge in [-0.3, -0.25) is 0 Å². The highest BCUT2D eigenvalue weighted by Gasteiger charge is 2.15. The molecule has 0 radical (unpaired) electrons. The maximum Gasteiger partial charge on any atom is 0.137 e. The van der Waals surface area contributed by atoms with Crippen molar-refractivity contribution in [3.8, 4) is 0 Å². The van der Waals surface area contributed by atoms with E-state index < -0.39 is 23.6 Å². The van der Waals surface area contributed by atoms with Crippen molar-refractivity contribution in [3.05, 3.63) is 58.9 Å². The van der Waals surface area contributed by atoms with Gasteiger partial charge in [-0.2, -0.15) is 0 Å². The Bertz CT molecular complexity index is 641. The molecule has 2 rings (SSSR count). The smallest absolute Gasteiger partial charge is 0.137 e. The molecule has 0 aliphatic rings. The lowest BCUT2D eigenvalue weighted by Gasteiger charge is -2.13. The molecule has 0 saturated carbocycles. The van der Waals surface area contributed by atoms with E-state index in [1.165, 1.54) is 19.1 Å². The minimum absolute atomic E-state index is 0.0953. The first-order valence-electron chi connectivity index (χ1n) is 5.99. The van der Waals surface area contributed by atoms with Crippen LogP contribution in [0.4, 0.5) is 13.2 Å². The van der Waals surface area contributed by atoms with Gasteiger partial charge in [-0.15, -0.1) is 0 Å². The van der Waals surface area contributed by atoms with Crippen molar-refractivity contribution in [1.29, 1.82) is 0 Å². The third-order valence-electron chi connectivity index (χ3n) is 2.85. The molecular weight excluding hydrogens is 285 g/mol. The van der Waals surface area contributed by atoms with Crippen molar-refractivity contribution in [2.45, 2.75) is 29.7 Å². The topological polar surface area (TPSA) is 20.2 Å². The SMILES string of the molecule is Cc1cc(Sc2cc(F)ccc2F)c([C@H](C)O)cc1F. The standard InChI is InChI=1S/C15H13F3OS/c1-8-5-14(11(9(2)19)7-13(8)18)20-15-6-10(16)3-4-12(15)17/h3-7,9,19H,1-2H3/t9-/m0/s1. The monoisotopic (exact) mass is 298 g/mol. The summed E-state index contributed by atoms with van der Waals surface area (Å²) in [5.41, 5.74) is 0.732. The van der Waals surface area contributed by atoms with E-state index in [1.54, 1.807) is 6.92 Å². The van der Waals surface area contributed by atoms with Gasteiger partial charge in [0.1, 0.15) is 17.5 Å². The van der Waals surface area contributed by atoms with Crippen LogP contribution in [0.3, 0.4) is 0 Å². The van der Waals surface area contributed by atoms with E-state index in [9.17, 15) is 18.3 Å². The van der Waals surface area contributed by atoms with E-state index in [0.717, 1.165) is 30.0 Å². The van der Waals surface area contributed by atoms with Crippen LogP contribution in [0, 0.1) is 24.4 Å². The van der Waals surface area contributed by atoms with Crippen molar-refractivity contribution in [2.75, 3.05) is 0 Å². The Labute approximate surface area is 119 Å². The van der Waals surface area contributed by atoms with Crippen LogP contribution in [-0.2, 0) is 0 Å². The molecule has 0 amide bonds. The van der Waals surface area contributed by atoms with Gasteiger partial charge in [-0.1, -0.05) is 11.8 Å². The number of benzene rings is 2. The normalized spacial score (nSPS) is 12.5. The molecular formula is C15H13F3OS. The highest BCUT2D eigenvalue weighted by molar-refractivity contribution is 7.99. The molecule has 0 bridgehead atoms. The second kappa shape index (κ2) is 5.89. The largest absolute Gasteiger partial charge is 0.389 e. The van der Waals surface area contributed by atoms with Crippen LogP contribution in [-0.4, -0.2) is 5.11 Å². The molecule has 1 N–H and O–H groups in total. The Morgan fingerprint density at radius 3 is 2.35 bits per heavy atom. The Hall–Kier alpha value is -1.46. The van der Waals surface area contributed by atoms with Gasteiger partial charge >= 0.3 is 0 Å². The number of hydrogen-bond donors (Lipinski definition) is 1. The lowest BCUT2D eigenvalue weighted by atomic mass is 10.1. The predicted octanol–water partition coefficient (Wildman–Crippen LogP) is 4.62. The minimum Gasteiger partial charge on any atom is -0.389 e. The maximum absolute atomic E-state index is 13.6. The Balaban J connectivity index is 2.47. The van der Waals surface area contributed by atoms with Crippen LogP contribution in [0.1, 0.15) is 24.2 Å². The second-order valence-corrected chi connectivity index (χ2v) is 5.58. The quantitative estimate of drug-likeness (QED) is 0.892. The summed E-state index contributed by atoms with van der Waals surface area (Å²) in [6.45, 7) is 3.07. The van der Waals surface area contributed by atoms with Gasteiger partial charge in [-0.25, -0.2) is 13.2 Å². The molecule has 2 aromatic rings. The highest BCUT2D eigenvalue weighted by Crippen LogP contribution is 2.36. The molecule has 0 saturated heterocycles. The third-order valence-corrected chi connectivity index (χ3v) is 3.96. The lowest BCUT2D eigenvalue weighted by Crippen LogP contribution is -1.98. The fourth-order valence-electron chi connectivity index (χ4n) is 1.76.